The molecule has 1 fully saturated rings. The number of hydrogen-bond donors (Lipinski definition) is 0. The van der Waals surface area contributed by atoms with Crippen molar-refractivity contribution in [2.24, 2.45) is 0 Å². The zero-order valence-corrected chi connectivity index (χ0v) is 12.4. The van der Waals surface area contributed by atoms with Gasteiger partial charge in [-0.3, -0.25) is 0 Å². The van der Waals surface area contributed by atoms with E-state index in [1.54, 1.807) is 0 Å². The van der Waals surface area contributed by atoms with Crippen LogP contribution in [0.4, 0.5) is 0 Å². The maximum atomic E-state index is 3.67. The van der Waals surface area contributed by atoms with Crippen LogP contribution in [-0.4, -0.2) is 0 Å². The van der Waals surface area contributed by atoms with Gasteiger partial charge in [-0.1, -0.05) is 70.9 Å². The molecule has 2 atom stereocenters. The van der Waals surface area contributed by atoms with Crippen LogP contribution in [0, 0.1) is 6.92 Å². The van der Waals surface area contributed by atoms with E-state index in [2.05, 4.69) is 78.3 Å². The van der Waals surface area contributed by atoms with Crippen molar-refractivity contribution >= 4 is 15.9 Å². The van der Waals surface area contributed by atoms with Crippen LogP contribution in [0.15, 0.2) is 53.0 Å². The van der Waals surface area contributed by atoms with Crippen LogP contribution in [-0.2, 0) is 5.41 Å². The van der Waals surface area contributed by atoms with E-state index in [1.807, 2.05) is 0 Å². The molecule has 2 aromatic rings. The van der Waals surface area contributed by atoms with E-state index in [0.29, 0.717) is 11.3 Å². The second kappa shape index (κ2) is 4.24. The highest BCUT2D eigenvalue weighted by molar-refractivity contribution is 9.10. The molecular weight excluding hydrogens is 284 g/mol. The Morgan fingerprint density at radius 3 is 2.39 bits per heavy atom. The molecule has 1 aliphatic rings. The highest BCUT2D eigenvalue weighted by atomic mass is 79.9. The van der Waals surface area contributed by atoms with E-state index < -0.39 is 0 Å². The highest BCUT2D eigenvalue weighted by Crippen LogP contribution is 2.61. The van der Waals surface area contributed by atoms with Gasteiger partial charge >= 0.3 is 0 Å². The van der Waals surface area contributed by atoms with E-state index >= 15 is 0 Å². The first-order chi connectivity index (χ1) is 8.61. The zero-order chi connectivity index (χ0) is 12.8. The molecule has 18 heavy (non-hydrogen) atoms. The van der Waals surface area contributed by atoms with Crippen LogP contribution in [0.25, 0.3) is 0 Å². The van der Waals surface area contributed by atoms with Crippen molar-refractivity contribution in [1.29, 1.82) is 0 Å². The molecule has 1 saturated carbocycles. The van der Waals surface area contributed by atoms with E-state index in [9.17, 15) is 0 Å². The van der Waals surface area contributed by atoms with Gasteiger partial charge in [-0.15, -0.1) is 0 Å². The minimum atomic E-state index is 0.317. The van der Waals surface area contributed by atoms with Gasteiger partial charge in [0, 0.05) is 9.89 Å². The van der Waals surface area contributed by atoms with Gasteiger partial charge in [0.2, 0.25) is 0 Å². The third-order valence-corrected chi connectivity index (χ3v) is 4.95. The third-order valence-electron chi connectivity index (χ3n) is 4.23. The average molecular weight is 301 g/mol. The molecular formula is C17H17Br. The first-order valence-electron chi connectivity index (χ1n) is 6.43. The Labute approximate surface area is 117 Å². The molecule has 0 saturated heterocycles. The summed E-state index contributed by atoms with van der Waals surface area (Å²) < 4.78 is 1.24. The second-order valence-electron chi connectivity index (χ2n) is 5.56. The van der Waals surface area contributed by atoms with Crippen molar-refractivity contribution in [2.45, 2.75) is 31.6 Å². The Hall–Kier alpha value is -1.08. The van der Waals surface area contributed by atoms with Crippen LogP contribution < -0.4 is 0 Å². The molecule has 0 bridgehead atoms. The lowest BCUT2D eigenvalue weighted by molar-refractivity contribution is 0.747. The number of halogens is 1. The molecule has 0 spiro atoms. The molecule has 1 aliphatic carbocycles. The fraction of sp³-hybridized carbons (Fsp3) is 0.294. The molecule has 1 heteroatoms. The number of hydrogen-bond acceptors (Lipinski definition) is 0. The minimum absolute atomic E-state index is 0.317. The summed E-state index contributed by atoms with van der Waals surface area (Å²) in [6, 6.07) is 17.6. The van der Waals surface area contributed by atoms with Crippen molar-refractivity contribution in [3.8, 4) is 0 Å². The molecule has 0 nitrogen and oxygen atoms in total. The normalized spacial score (nSPS) is 26.1. The summed E-state index contributed by atoms with van der Waals surface area (Å²) in [5.74, 6) is 0.649. The Bertz CT molecular complexity index is 570. The van der Waals surface area contributed by atoms with Crippen molar-refractivity contribution in [3.63, 3.8) is 0 Å². The molecule has 92 valence electrons. The lowest BCUT2D eigenvalue weighted by Crippen LogP contribution is -2.04. The maximum absolute atomic E-state index is 3.67. The molecule has 0 aliphatic heterocycles. The monoisotopic (exact) mass is 300 g/mol. The largest absolute Gasteiger partial charge is 0.0619 e. The predicted octanol–water partition coefficient (Wildman–Crippen LogP) is 5.20. The van der Waals surface area contributed by atoms with Gasteiger partial charge in [-0.05, 0) is 36.5 Å². The summed E-state index contributed by atoms with van der Waals surface area (Å²) in [5.41, 5.74) is 4.56. The molecule has 0 N–H and O–H groups in total. The fourth-order valence-corrected chi connectivity index (χ4v) is 3.39. The van der Waals surface area contributed by atoms with E-state index in [-0.39, 0.29) is 0 Å². The number of rotatable bonds is 2. The summed E-state index contributed by atoms with van der Waals surface area (Å²) >= 11 is 3.67. The summed E-state index contributed by atoms with van der Waals surface area (Å²) in [5, 5.41) is 0. The van der Waals surface area contributed by atoms with E-state index in [1.165, 1.54) is 27.6 Å². The Kier molecular flexibility index (Phi) is 2.82. The van der Waals surface area contributed by atoms with E-state index in [4.69, 9.17) is 0 Å². The smallest absolute Gasteiger partial charge is 0.0210 e. The maximum Gasteiger partial charge on any atom is 0.0210 e. The third kappa shape index (κ3) is 1.91. The molecule has 0 amide bonds. The van der Waals surface area contributed by atoms with E-state index in [0.717, 1.165) is 0 Å². The van der Waals surface area contributed by atoms with Gasteiger partial charge in [0.1, 0.15) is 0 Å². The Balaban J connectivity index is 1.92. The van der Waals surface area contributed by atoms with Crippen molar-refractivity contribution < 1.29 is 0 Å². The predicted molar refractivity (Wildman–Crippen MR) is 80.0 cm³/mol. The topological polar surface area (TPSA) is 0 Å². The van der Waals surface area contributed by atoms with Gasteiger partial charge in [0.05, 0.1) is 0 Å². The highest BCUT2D eigenvalue weighted by Gasteiger charge is 2.52. The minimum Gasteiger partial charge on any atom is -0.0619 e. The van der Waals surface area contributed by atoms with Crippen LogP contribution in [0.3, 0.4) is 0 Å². The van der Waals surface area contributed by atoms with Gasteiger partial charge in [0.25, 0.3) is 0 Å². The van der Waals surface area contributed by atoms with Gasteiger partial charge in [-0.2, -0.15) is 0 Å². The van der Waals surface area contributed by atoms with Crippen LogP contribution >= 0.6 is 15.9 Å². The van der Waals surface area contributed by atoms with Crippen molar-refractivity contribution in [1.82, 2.24) is 0 Å². The van der Waals surface area contributed by atoms with Crippen molar-refractivity contribution in [2.75, 3.05) is 0 Å². The average Bonchev–Trinajstić information content (AvgIpc) is 3.04. The lowest BCUT2D eigenvalue weighted by atomic mass is 9.92. The quantitative estimate of drug-likeness (QED) is 0.715. The van der Waals surface area contributed by atoms with Crippen LogP contribution in [0.1, 0.15) is 36.0 Å². The fourth-order valence-electron chi connectivity index (χ4n) is 2.83. The van der Waals surface area contributed by atoms with Crippen LogP contribution in [0.5, 0.6) is 0 Å². The SMILES string of the molecule is Cc1ccc(C2(C)CC2c2ccccc2Br)cc1. The lowest BCUT2D eigenvalue weighted by Gasteiger charge is -2.13. The summed E-state index contributed by atoms with van der Waals surface area (Å²) in [4.78, 5) is 0. The zero-order valence-electron chi connectivity index (χ0n) is 10.8. The number of benzene rings is 2. The molecule has 0 radical (unpaired) electrons. The van der Waals surface area contributed by atoms with Gasteiger partial charge in [-0.25, -0.2) is 0 Å². The molecule has 0 heterocycles. The summed E-state index contributed by atoms with van der Waals surface area (Å²) in [6.45, 7) is 4.52. The van der Waals surface area contributed by atoms with Gasteiger partial charge in [0.15, 0.2) is 0 Å². The van der Waals surface area contributed by atoms with Gasteiger partial charge < -0.3 is 0 Å². The molecule has 2 unspecified atom stereocenters. The molecule has 3 rings (SSSR count). The second-order valence-corrected chi connectivity index (χ2v) is 6.42. The Morgan fingerprint density at radius 2 is 1.72 bits per heavy atom. The Morgan fingerprint density at radius 1 is 1.06 bits per heavy atom. The van der Waals surface area contributed by atoms with Crippen LogP contribution in [0.2, 0.25) is 0 Å². The first kappa shape index (κ1) is 12.0. The summed E-state index contributed by atoms with van der Waals surface area (Å²) in [6.07, 6.45) is 1.25. The first-order valence-corrected chi connectivity index (χ1v) is 7.22. The molecule has 2 aromatic carbocycles. The summed E-state index contributed by atoms with van der Waals surface area (Å²) in [7, 11) is 0. The van der Waals surface area contributed by atoms with Crippen molar-refractivity contribution in [3.05, 3.63) is 69.7 Å². The standard InChI is InChI=1S/C17H17Br/c1-12-7-9-13(10-8-12)17(2)11-15(17)14-5-3-4-6-16(14)18/h3-10,15H,11H2,1-2H3. The number of aryl methyl sites for hydroxylation is 1. The molecule has 0 aromatic heterocycles.